The fourth-order valence-electron chi connectivity index (χ4n) is 1.77. The lowest BCUT2D eigenvalue weighted by atomic mass is 10.1. The van der Waals surface area contributed by atoms with Gasteiger partial charge in [-0.05, 0) is 32.8 Å². The van der Waals surface area contributed by atoms with Crippen LogP contribution in [-0.4, -0.2) is 34.8 Å². The van der Waals surface area contributed by atoms with Gasteiger partial charge < -0.3 is 0 Å². The highest BCUT2D eigenvalue weighted by Crippen LogP contribution is 2.20. The van der Waals surface area contributed by atoms with Gasteiger partial charge in [-0.2, -0.15) is 0 Å². The third kappa shape index (κ3) is 3.05. The summed E-state index contributed by atoms with van der Waals surface area (Å²) in [7, 11) is 0. The number of carbonyl (C=O) groups is 4. The highest BCUT2D eigenvalue weighted by Gasteiger charge is 2.32. The van der Waals surface area contributed by atoms with Gasteiger partial charge in [0.25, 0.3) is 11.8 Å². The summed E-state index contributed by atoms with van der Waals surface area (Å²) in [6.07, 6.45) is 0.302. The fourth-order valence-corrected chi connectivity index (χ4v) is 1.77. The molecule has 1 aliphatic rings. The van der Waals surface area contributed by atoms with Gasteiger partial charge in [-0.15, -0.1) is 0 Å². The summed E-state index contributed by atoms with van der Waals surface area (Å²) in [4.78, 5) is 47.3. The van der Waals surface area contributed by atoms with E-state index in [1.165, 1.54) is 6.92 Å². The molecule has 0 N–H and O–H groups in total. The zero-order valence-electron chi connectivity index (χ0n) is 11.4. The molecule has 102 valence electrons. The molecule has 0 fully saturated rings. The maximum atomic E-state index is 11.7. The standard InChI is InChI=1S/C14H17NO4/c1-8(2)12(17)11(16)6-5-7-15-13(18)9(3)10(4)14(15)19/h1,5-7H2,2-4H3. The zero-order valence-corrected chi connectivity index (χ0v) is 11.4. The Bertz CT molecular complexity index is 490. The number of amides is 2. The third-order valence-electron chi connectivity index (χ3n) is 3.12. The topological polar surface area (TPSA) is 71.5 Å². The molecule has 0 aromatic carbocycles. The van der Waals surface area contributed by atoms with Gasteiger partial charge in [-0.3, -0.25) is 24.1 Å². The van der Waals surface area contributed by atoms with E-state index in [-0.39, 0.29) is 36.8 Å². The van der Waals surface area contributed by atoms with Crippen LogP contribution in [0.4, 0.5) is 0 Å². The summed E-state index contributed by atoms with van der Waals surface area (Å²) in [5.74, 6) is -1.76. The normalized spacial score (nSPS) is 15.2. The molecular weight excluding hydrogens is 246 g/mol. The third-order valence-corrected chi connectivity index (χ3v) is 3.12. The molecule has 0 unspecified atom stereocenters. The van der Waals surface area contributed by atoms with Gasteiger partial charge >= 0.3 is 0 Å². The summed E-state index contributed by atoms with van der Waals surface area (Å²) in [6, 6.07) is 0. The number of rotatable bonds is 6. The predicted molar refractivity (Wildman–Crippen MR) is 69.2 cm³/mol. The van der Waals surface area contributed by atoms with Crippen molar-refractivity contribution in [3.8, 4) is 0 Å². The van der Waals surface area contributed by atoms with Crippen LogP contribution in [0.3, 0.4) is 0 Å². The molecule has 0 saturated carbocycles. The van der Waals surface area contributed by atoms with Crippen LogP contribution in [0.5, 0.6) is 0 Å². The van der Waals surface area contributed by atoms with Crippen molar-refractivity contribution in [2.24, 2.45) is 0 Å². The Hall–Kier alpha value is -2.04. The van der Waals surface area contributed by atoms with Crippen molar-refractivity contribution in [2.75, 3.05) is 6.54 Å². The number of nitrogens with zero attached hydrogens (tertiary/aromatic N) is 1. The van der Waals surface area contributed by atoms with E-state index in [1.54, 1.807) is 13.8 Å². The maximum absolute atomic E-state index is 11.7. The molecule has 0 aliphatic carbocycles. The molecule has 0 aromatic heterocycles. The van der Waals surface area contributed by atoms with Gasteiger partial charge in [0.15, 0.2) is 0 Å². The van der Waals surface area contributed by atoms with Crippen molar-refractivity contribution in [3.63, 3.8) is 0 Å². The number of ketones is 2. The molecule has 1 aliphatic heterocycles. The van der Waals surface area contributed by atoms with Gasteiger partial charge in [0.2, 0.25) is 11.6 Å². The van der Waals surface area contributed by atoms with Crippen LogP contribution in [-0.2, 0) is 19.2 Å². The Balaban J connectivity index is 2.50. The number of allylic oxidation sites excluding steroid dienone is 1. The molecule has 0 aromatic rings. The Morgan fingerprint density at radius 2 is 1.58 bits per heavy atom. The quantitative estimate of drug-likeness (QED) is 0.410. The van der Waals surface area contributed by atoms with Gasteiger partial charge in [0, 0.05) is 24.1 Å². The lowest BCUT2D eigenvalue weighted by molar-refractivity contribution is -0.138. The van der Waals surface area contributed by atoms with Crippen LogP contribution in [0, 0.1) is 0 Å². The average molecular weight is 263 g/mol. The summed E-state index contributed by atoms with van der Waals surface area (Å²) >= 11 is 0. The summed E-state index contributed by atoms with van der Waals surface area (Å²) < 4.78 is 0. The van der Waals surface area contributed by atoms with E-state index in [9.17, 15) is 19.2 Å². The van der Waals surface area contributed by atoms with Crippen LogP contribution in [0.25, 0.3) is 0 Å². The van der Waals surface area contributed by atoms with Crippen molar-refractivity contribution in [1.29, 1.82) is 0 Å². The van der Waals surface area contributed by atoms with Crippen molar-refractivity contribution >= 4 is 23.4 Å². The highest BCUT2D eigenvalue weighted by atomic mass is 16.2. The maximum Gasteiger partial charge on any atom is 0.256 e. The molecule has 0 atom stereocenters. The smallest absolute Gasteiger partial charge is 0.256 e. The molecule has 0 spiro atoms. The molecule has 5 heteroatoms. The Labute approximate surface area is 112 Å². The molecule has 19 heavy (non-hydrogen) atoms. The first kappa shape index (κ1) is 15.0. The second kappa shape index (κ2) is 5.73. The first-order chi connectivity index (χ1) is 8.77. The van der Waals surface area contributed by atoms with Crippen LogP contribution < -0.4 is 0 Å². The summed E-state index contributed by atoms with van der Waals surface area (Å²) in [5, 5.41) is 0. The number of imide groups is 1. The zero-order chi connectivity index (χ0) is 14.7. The van der Waals surface area contributed by atoms with E-state index < -0.39 is 11.6 Å². The van der Waals surface area contributed by atoms with Gasteiger partial charge in [-0.1, -0.05) is 6.58 Å². The van der Waals surface area contributed by atoms with E-state index in [1.807, 2.05) is 0 Å². The second-order valence-corrected chi connectivity index (χ2v) is 4.65. The molecule has 5 nitrogen and oxygen atoms in total. The largest absolute Gasteiger partial charge is 0.291 e. The number of carbonyl (C=O) groups excluding carboxylic acids is 4. The van der Waals surface area contributed by atoms with E-state index >= 15 is 0 Å². The van der Waals surface area contributed by atoms with Crippen LogP contribution in [0.1, 0.15) is 33.6 Å². The van der Waals surface area contributed by atoms with Crippen molar-refractivity contribution in [1.82, 2.24) is 4.90 Å². The molecule has 0 radical (unpaired) electrons. The van der Waals surface area contributed by atoms with E-state index in [0.717, 1.165) is 4.90 Å². The number of hydrogen-bond acceptors (Lipinski definition) is 4. The lowest BCUT2D eigenvalue weighted by Crippen LogP contribution is -2.33. The van der Waals surface area contributed by atoms with Gasteiger partial charge in [0.1, 0.15) is 0 Å². The summed E-state index contributed by atoms with van der Waals surface area (Å²) in [5.41, 5.74) is 1.08. The van der Waals surface area contributed by atoms with E-state index in [2.05, 4.69) is 6.58 Å². The Kier molecular flexibility index (Phi) is 4.53. The molecular formula is C14H17NO4. The first-order valence-corrected chi connectivity index (χ1v) is 6.04. The van der Waals surface area contributed by atoms with E-state index in [0.29, 0.717) is 11.1 Å². The van der Waals surface area contributed by atoms with Gasteiger partial charge in [-0.25, -0.2) is 0 Å². The van der Waals surface area contributed by atoms with Crippen LogP contribution in [0.15, 0.2) is 23.3 Å². The minimum Gasteiger partial charge on any atom is -0.291 e. The molecule has 2 amide bonds. The van der Waals surface area contributed by atoms with Gasteiger partial charge in [0.05, 0.1) is 0 Å². The lowest BCUT2D eigenvalue weighted by Gasteiger charge is -2.14. The SMILES string of the molecule is C=C(C)C(=O)C(=O)CCCN1C(=O)C(C)=C(C)C1=O. The second-order valence-electron chi connectivity index (χ2n) is 4.65. The predicted octanol–water partition coefficient (Wildman–Crippen LogP) is 1.19. The number of hydrogen-bond donors (Lipinski definition) is 0. The summed E-state index contributed by atoms with van der Waals surface area (Å²) in [6.45, 7) is 8.25. The monoisotopic (exact) mass is 263 g/mol. The number of Topliss-reactive ketones (excluding diaryl/α,β-unsaturated/α-hetero) is 2. The fraction of sp³-hybridized carbons (Fsp3) is 0.429. The minimum atomic E-state index is -0.593. The molecule has 1 rings (SSSR count). The molecule has 0 bridgehead atoms. The van der Waals surface area contributed by atoms with Crippen LogP contribution in [0.2, 0.25) is 0 Å². The minimum absolute atomic E-state index is 0.0147. The Morgan fingerprint density at radius 1 is 1.11 bits per heavy atom. The molecule has 0 saturated heterocycles. The average Bonchev–Trinajstić information content (AvgIpc) is 2.54. The first-order valence-electron chi connectivity index (χ1n) is 6.04. The van der Waals surface area contributed by atoms with Crippen molar-refractivity contribution in [2.45, 2.75) is 33.6 Å². The molecule has 1 heterocycles. The van der Waals surface area contributed by atoms with E-state index in [4.69, 9.17) is 0 Å². The van der Waals surface area contributed by atoms with Crippen LogP contribution >= 0.6 is 0 Å². The Morgan fingerprint density at radius 3 is 2.00 bits per heavy atom. The highest BCUT2D eigenvalue weighted by molar-refractivity contribution is 6.43. The van der Waals surface area contributed by atoms with Crippen molar-refractivity contribution < 1.29 is 19.2 Å². The van der Waals surface area contributed by atoms with Crippen molar-refractivity contribution in [3.05, 3.63) is 23.3 Å².